The van der Waals surface area contributed by atoms with Gasteiger partial charge in [-0.1, -0.05) is 11.6 Å². The number of hydrogen-bond donors (Lipinski definition) is 0. The summed E-state index contributed by atoms with van der Waals surface area (Å²) in [6.07, 6.45) is 0. The molecule has 1 aromatic heterocycles. The Bertz CT molecular complexity index is 836. The number of morpholine rings is 1. The summed E-state index contributed by atoms with van der Waals surface area (Å²) < 4.78 is 6.04. The van der Waals surface area contributed by atoms with Crippen molar-refractivity contribution >= 4 is 40.2 Å². The number of benzene rings is 1. The lowest BCUT2D eigenvalue weighted by molar-refractivity contribution is -0.384. The second-order valence-corrected chi connectivity index (χ2v) is 7.88. The first-order chi connectivity index (χ1) is 13.0. The minimum Gasteiger partial charge on any atom is -0.378 e. The van der Waals surface area contributed by atoms with E-state index in [1.165, 1.54) is 23.5 Å². The third-order valence-electron chi connectivity index (χ3n) is 4.42. The van der Waals surface area contributed by atoms with Crippen molar-refractivity contribution in [3.05, 3.63) is 55.2 Å². The number of nitro groups is 1. The minimum absolute atomic E-state index is 0.0921. The number of rotatable bonds is 6. The van der Waals surface area contributed by atoms with E-state index in [9.17, 15) is 14.9 Å². The van der Waals surface area contributed by atoms with Gasteiger partial charge in [0.25, 0.3) is 11.6 Å². The Morgan fingerprint density at radius 1 is 1.33 bits per heavy atom. The van der Waals surface area contributed by atoms with Gasteiger partial charge in [-0.15, -0.1) is 11.3 Å². The van der Waals surface area contributed by atoms with Crippen LogP contribution in [0.4, 0.5) is 11.4 Å². The van der Waals surface area contributed by atoms with Gasteiger partial charge in [0, 0.05) is 36.6 Å². The Morgan fingerprint density at radius 2 is 2.07 bits per heavy atom. The van der Waals surface area contributed by atoms with Gasteiger partial charge in [0.1, 0.15) is 0 Å². The van der Waals surface area contributed by atoms with Crippen LogP contribution in [0.3, 0.4) is 0 Å². The van der Waals surface area contributed by atoms with Gasteiger partial charge in [-0.05, 0) is 25.1 Å². The first kappa shape index (κ1) is 19.6. The van der Waals surface area contributed by atoms with E-state index in [2.05, 4.69) is 0 Å². The molecule has 2 heterocycles. The van der Waals surface area contributed by atoms with E-state index in [1.54, 1.807) is 17.0 Å². The van der Waals surface area contributed by atoms with Crippen LogP contribution < -0.4 is 4.90 Å². The maximum Gasteiger partial charge on any atom is 0.270 e. The molecule has 0 atom stereocenters. The van der Waals surface area contributed by atoms with Crippen molar-refractivity contribution in [1.29, 1.82) is 0 Å². The quantitative estimate of drug-likeness (QED) is 0.535. The lowest BCUT2D eigenvalue weighted by Gasteiger charge is -2.31. The van der Waals surface area contributed by atoms with Crippen molar-refractivity contribution in [3.8, 4) is 0 Å². The van der Waals surface area contributed by atoms with Crippen LogP contribution in [0.1, 0.15) is 22.2 Å². The molecule has 0 N–H and O–H groups in total. The Hall–Kier alpha value is -2.16. The first-order valence-electron chi connectivity index (χ1n) is 8.64. The predicted molar refractivity (Wildman–Crippen MR) is 106 cm³/mol. The summed E-state index contributed by atoms with van der Waals surface area (Å²) in [6, 6.07) is 8.16. The highest BCUT2D eigenvalue weighted by Gasteiger charge is 2.25. The molecule has 0 radical (unpaired) electrons. The van der Waals surface area contributed by atoms with Crippen LogP contribution >= 0.6 is 22.9 Å². The molecule has 9 heteroatoms. The summed E-state index contributed by atoms with van der Waals surface area (Å²) in [5.41, 5.74) is 0.956. The Balaban J connectivity index is 1.94. The predicted octanol–water partition coefficient (Wildman–Crippen LogP) is 3.81. The van der Waals surface area contributed by atoms with Crippen molar-refractivity contribution in [3.63, 3.8) is 0 Å². The number of halogens is 1. The summed E-state index contributed by atoms with van der Waals surface area (Å²) in [6.45, 7) is 5.21. The van der Waals surface area contributed by atoms with E-state index in [0.29, 0.717) is 55.0 Å². The van der Waals surface area contributed by atoms with Crippen LogP contribution in [-0.2, 0) is 11.3 Å². The normalized spacial score (nSPS) is 14.2. The number of thiophene rings is 1. The molecule has 1 aliphatic heterocycles. The number of nitro benzene ring substituents is 1. The molecule has 0 aliphatic carbocycles. The topological polar surface area (TPSA) is 75.9 Å². The van der Waals surface area contributed by atoms with E-state index in [1.807, 2.05) is 17.9 Å². The van der Waals surface area contributed by atoms with Gasteiger partial charge >= 0.3 is 0 Å². The Labute approximate surface area is 166 Å². The van der Waals surface area contributed by atoms with Crippen LogP contribution in [0.15, 0.2) is 30.3 Å². The lowest BCUT2D eigenvalue weighted by Crippen LogP contribution is -2.38. The SMILES string of the molecule is CCN(Cc1ccc(Cl)s1)C(=O)c1cc([N+](=O)[O-])ccc1N1CCOCC1. The fraction of sp³-hybridized carbons (Fsp3) is 0.389. The molecule has 3 rings (SSSR count). The molecular weight excluding hydrogens is 390 g/mol. The first-order valence-corrected chi connectivity index (χ1v) is 9.83. The van der Waals surface area contributed by atoms with Crippen LogP contribution in [0.5, 0.6) is 0 Å². The molecule has 144 valence electrons. The average molecular weight is 410 g/mol. The van der Waals surface area contributed by atoms with Gasteiger partial charge in [-0.3, -0.25) is 14.9 Å². The molecule has 0 bridgehead atoms. The van der Waals surface area contributed by atoms with Gasteiger partial charge in [-0.25, -0.2) is 0 Å². The summed E-state index contributed by atoms with van der Waals surface area (Å²) in [5.74, 6) is -0.229. The summed E-state index contributed by atoms with van der Waals surface area (Å²) >= 11 is 7.41. The van der Waals surface area contributed by atoms with Gasteiger partial charge in [-0.2, -0.15) is 0 Å². The van der Waals surface area contributed by atoms with Gasteiger partial charge < -0.3 is 14.5 Å². The van der Waals surface area contributed by atoms with Crippen molar-refractivity contribution in [2.45, 2.75) is 13.5 Å². The van der Waals surface area contributed by atoms with Gasteiger partial charge in [0.15, 0.2) is 0 Å². The maximum atomic E-state index is 13.2. The average Bonchev–Trinajstić information content (AvgIpc) is 3.10. The van der Waals surface area contributed by atoms with Crippen molar-refractivity contribution < 1.29 is 14.5 Å². The molecule has 1 amide bonds. The number of amides is 1. The van der Waals surface area contributed by atoms with E-state index in [4.69, 9.17) is 16.3 Å². The van der Waals surface area contributed by atoms with E-state index in [-0.39, 0.29) is 11.6 Å². The van der Waals surface area contributed by atoms with E-state index in [0.717, 1.165) is 4.88 Å². The van der Waals surface area contributed by atoms with Crippen molar-refractivity contribution in [1.82, 2.24) is 4.90 Å². The maximum absolute atomic E-state index is 13.2. The summed E-state index contributed by atoms with van der Waals surface area (Å²) in [4.78, 5) is 28.7. The van der Waals surface area contributed by atoms with Crippen LogP contribution in [0.25, 0.3) is 0 Å². The number of nitrogens with zero attached hydrogens (tertiary/aromatic N) is 3. The summed E-state index contributed by atoms with van der Waals surface area (Å²) in [7, 11) is 0. The molecule has 2 aromatic rings. The zero-order chi connectivity index (χ0) is 19.4. The molecule has 0 saturated carbocycles. The second kappa shape index (κ2) is 8.69. The van der Waals surface area contributed by atoms with Gasteiger partial charge in [0.2, 0.25) is 0 Å². The number of non-ortho nitro benzene ring substituents is 1. The third-order valence-corrected chi connectivity index (χ3v) is 5.63. The summed E-state index contributed by atoms with van der Waals surface area (Å²) in [5, 5.41) is 11.2. The number of hydrogen-bond acceptors (Lipinski definition) is 6. The van der Waals surface area contributed by atoms with E-state index >= 15 is 0 Å². The molecule has 1 aromatic carbocycles. The number of carbonyl (C=O) groups is 1. The zero-order valence-corrected chi connectivity index (χ0v) is 16.5. The fourth-order valence-electron chi connectivity index (χ4n) is 3.01. The highest BCUT2D eigenvalue weighted by molar-refractivity contribution is 7.16. The van der Waals surface area contributed by atoms with Crippen LogP contribution in [-0.4, -0.2) is 48.6 Å². The fourth-order valence-corrected chi connectivity index (χ4v) is 4.11. The molecule has 1 saturated heterocycles. The van der Waals surface area contributed by atoms with Crippen molar-refractivity contribution in [2.24, 2.45) is 0 Å². The van der Waals surface area contributed by atoms with Crippen molar-refractivity contribution in [2.75, 3.05) is 37.7 Å². The molecule has 1 aliphatic rings. The highest BCUT2D eigenvalue weighted by Crippen LogP contribution is 2.29. The lowest BCUT2D eigenvalue weighted by atomic mass is 10.1. The molecule has 27 heavy (non-hydrogen) atoms. The molecule has 1 fully saturated rings. The second-order valence-electron chi connectivity index (χ2n) is 6.08. The number of anilines is 1. The van der Waals surface area contributed by atoms with Crippen LogP contribution in [0.2, 0.25) is 4.34 Å². The number of ether oxygens (including phenoxy) is 1. The smallest absolute Gasteiger partial charge is 0.270 e. The largest absolute Gasteiger partial charge is 0.378 e. The molecule has 0 unspecified atom stereocenters. The van der Waals surface area contributed by atoms with Gasteiger partial charge in [0.05, 0.1) is 40.3 Å². The molecular formula is C18H20ClN3O4S. The highest BCUT2D eigenvalue weighted by atomic mass is 35.5. The zero-order valence-electron chi connectivity index (χ0n) is 14.9. The van der Waals surface area contributed by atoms with E-state index < -0.39 is 4.92 Å². The monoisotopic (exact) mass is 409 g/mol. The Kier molecular flexibility index (Phi) is 6.30. The third kappa shape index (κ3) is 4.58. The standard InChI is InChI=1S/C18H20ClN3O4S/c1-2-20(12-14-4-6-17(19)27-14)18(23)15-11-13(22(24)25)3-5-16(15)21-7-9-26-10-8-21/h3-6,11H,2,7-10,12H2,1H3. The Morgan fingerprint density at radius 3 is 2.67 bits per heavy atom. The number of carbonyl (C=O) groups excluding carboxylic acids is 1. The van der Waals surface area contributed by atoms with Crippen LogP contribution in [0, 0.1) is 10.1 Å². The molecule has 0 spiro atoms. The molecule has 7 nitrogen and oxygen atoms in total. The minimum atomic E-state index is -0.477.